The summed E-state index contributed by atoms with van der Waals surface area (Å²) >= 11 is 3.51. The van der Waals surface area contributed by atoms with Gasteiger partial charge in [0.1, 0.15) is 10.4 Å². The summed E-state index contributed by atoms with van der Waals surface area (Å²) < 4.78 is 14.0. The van der Waals surface area contributed by atoms with Crippen LogP contribution in [0.4, 0.5) is 10.1 Å². The predicted octanol–water partition coefficient (Wildman–Crippen LogP) is 4.00. The van der Waals surface area contributed by atoms with Gasteiger partial charge in [-0.3, -0.25) is 14.8 Å². The van der Waals surface area contributed by atoms with Gasteiger partial charge in [0.25, 0.3) is 0 Å². The molecule has 41 heavy (non-hydrogen) atoms. The maximum atomic E-state index is 13.2. The van der Waals surface area contributed by atoms with E-state index in [0.29, 0.717) is 25.5 Å². The molecule has 1 amide bonds. The van der Waals surface area contributed by atoms with Gasteiger partial charge in [-0.05, 0) is 65.3 Å². The third kappa shape index (κ3) is 5.24. The Morgan fingerprint density at radius 2 is 1.76 bits per heavy atom. The third-order valence-electron chi connectivity index (χ3n) is 7.97. The van der Waals surface area contributed by atoms with Crippen LogP contribution < -0.4 is 4.90 Å². The standard InChI is InChI=1S/C29H27BrFN9O/c30-27-23-12-24-20(11-25(23)36-37-27)13-32-29(35-24)19-5-6-38(16-19)17-26(41)40-9-7-39(8-10-40)22-3-1-18(2-4-22)28-33-14-21(31)15-34-28/h1-4,11-15,19H,5-10,16-17H2,(H,36,37). The monoisotopic (exact) mass is 615 g/mol. The molecule has 2 aliphatic rings. The molecule has 1 atom stereocenters. The minimum atomic E-state index is -0.452. The highest BCUT2D eigenvalue weighted by atomic mass is 79.9. The topological polar surface area (TPSA) is 107 Å². The maximum absolute atomic E-state index is 13.2. The van der Waals surface area contributed by atoms with Crippen molar-refractivity contribution in [3.63, 3.8) is 0 Å². The number of aromatic nitrogens is 6. The first-order valence-corrected chi connectivity index (χ1v) is 14.4. The fraction of sp³-hybridized carbons (Fsp3) is 0.310. The number of H-pyrrole nitrogens is 1. The van der Waals surface area contributed by atoms with Crippen molar-refractivity contribution in [3.8, 4) is 11.4 Å². The lowest BCUT2D eigenvalue weighted by molar-refractivity contribution is -0.132. The Hall–Kier alpha value is -4.03. The van der Waals surface area contributed by atoms with E-state index in [1.807, 2.05) is 47.5 Å². The minimum Gasteiger partial charge on any atom is -0.368 e. The zero-order valence-electron chi connectivity index (χ0n) is 22.2. The molecule has 0 aliphatic carbocycles. The van der Waals surface area contributed by atoms with Crippen LogP contribution in [0.25, 0.3) is 33.2 Å². The molecule has 5 heterocycles. The van der Waals surface area contributed by atoms with Crippen LogP contribution in [0.3, 0.4) is 0 Å². The summed E-state index contributed by atoms with van der Waals surface area (Å²) in [6, 6.07) is 12.0. The number of nitrogens with zero attached hydrogens (tertiary/aromatic N) is 8. The van der Waals surface area contributed by atoms with E-state index in [2.05, 4.69) is 50.9 Å². The number of carbonyl (C=O) groups excluding carboxylic acids is 1. The molecule has 5 aromatic rings. The summed E-state index contributed by atoms with van der Waals surface area (Å²) in [6.07, 6.45) is 5.15. The highest BCUT2D eigenvalue weighted by Crippen LogP contribution is 2.29. The average Bonchev–Trinajstić information content (AvgIpc) is 3.62. The number of aromatic amines is 1. The number of likely N-dealkylation sites (tertiary alicyclic amines) is 1. The Morgan fingerprint density at radius 1 is 0.976 bits per heavy atom. The second-order valence-electron chi connectivity index (χ2n) is 10.6. The van der Waals surface area contributed by atoms with Crippen molar-refractivity contribution >= 4 is 49.3 Å². The molecule has 0 saturated carbocycles. The normalized spacial score (nSPS) is 18.0. The fourth-order valence-electron chi connectivity index (χ4n) is 5.69. The first-order valence-electron chi connectivity index (χ1n) is 13.6. The molecule has 0 bridgehead atoms. The Balaban J connectivity index is 0.931. The Kier molecular flexibility index (Phi) is 6.79. The Bertz CT molecular complexity index is 1720. The molecule has 0 radical (unpaired) electrons. The van der Waals surface area contributed by atoms with Crippen LogP contribution in [0.5, 0.6) is 0 Å². The fourth-order valence-corrected chi connectivity index (χ4v) is 6.10. The van der Waals surface area contributed by atoms with Crippen LogP contribution in [0, 0.1) is 5.82 Å². The molecule has 2 saturated heterocycles. The van der Waals surface area contributed by atoms with Crippen LogP contribution in [0.2, 0.25) is 0 Å². The van der Waals surface area contributed by atoms with Crippen LogP contribution >= 0.6 is 15.9 Å². The van der Waals surface area contributed by atoms with E-state index < -0.39 is 5.82 Å². The number of rotatable bonds is 5. The maximum Gasteiger partial charge on any atom is 0.236 e. The first kappa shape index (κ1) is 25.9. The molecule has 7 rings (SSSR count). The number of benzene rings is 2. The number of halogens is 2. The van der Waals surface area contributed by atoms with Gasteiger partial charge in [-0.2, -0.15) is 5.10 Å². The smallest absolute Gasteiger partial charge is 0.236 e. The van der Waals surface area contributed by atoms with Gasteiger partial charge in [0.15, 0.2) is 11.6 Å². The van der Waals surface area contributed by atoms with Gasteiger partial charge in [-0.25, -0.2) is 24.3 Å². The van der Waals surface area contributed by atoms with Crippen molar-refractivity contribution in [2.45, 2.75) is 12.3 Å². The molecule has 2 aliphatic heterocycles. The number of hydrogen-bond acceptors (Lipinski definition) is 8. The van der Waals surface area contributed by atoms with Crippen molar-refractivity contribution < 1.29 is 9.18 Å². The van der Waals surface area contributed by atoms with Gasteiger partial charge in [0.05, 0.1) is 30.0 Å². The van der Waals surface area contributed by atoms with Crippen LogP contribution in [-0.2, 0) is 4.79 Å². The molecular formula is C29H27BrFN9O. The number of hydrogen-bond donors (Lipinski definition) is 1. The van der Waals surface area contributed by atoms with Crippen molar-refractivity contribution in [2.24, 2.45) is 0 Å². The van der Waals surface area contributed by atoms with Gasteiger partial charge in [0.2, 0.25) is 5.91 Å². The highest BCUT2D eigenvalue weighted by molar-refractivity contribution is 9.10. The summed E-state index contributed by atoms with van der Waals surface area (Å²) in [7, 11) is 0. The number of amides is 1. The molecule has 1 unspecified atom stereocenters. The van der Waals surface area contributed by atoms with E-state index in [0.717, 1.165) is 76.1 Å². The van der Waals surface area contributed by atoms with Crippen LogP contribution in [-0.4, -0.2) is 91.7 Å². The van der Waals surface area contributed by atoms with Gasteiger partial charge in [-0.1, -0.05) is 0 Å². The van der Waals surface area contributed by atoms with Crippen molar-refractivity contribution in [2.75, 3.05) is 50.7 Å². The molecule has 2 fully saturated rings. The Morgan fingerprint density at radius 3 is 2.54 bits per heavy atom. The molecule has 1 N–H and O–H groups in total. The van der Waals surface area contributed by atoms with E-state index in [1.54, 1.807) is 0 Å². The van der Waals surface area contributed by atoms with Gasteiger partial charge in [-0.15, -0.1) is 0 Å². The van der Waals surface area contributed by atoms with E-state index in [-0.39, 0.29) is 11.8 Å². The molecule has 2 aromatic carbocycles. The van der Waals surface area contributed by atoms with Crippen LogP contribution in [0.1, 0.15) is 18.2 Å². The number of carbonyl (C=O) groups is 1. The molecule has 3 aromatic heterocycles. The molecular weight excluding hydrogens is 589 g/mol. The number of nitrogens with one attached hydrogen (secondary N) is 1. The second-order valence-corrected chi connectivity index (χ2v) is 11.3. The van der Waals surface area contributed by atoms with E-state index in [4.69, 9.17) is 4.98 Å². The number of fused-ring (bicyclic) bond motifs is 2. The second kappa shape index (κ2) is 10.7. The average molecular weight is 616 g/mol. The summed E-state index contributed by atoms with van der Waals surface area (Å²) in [6.45, 7) is 4.96. The lowest BCUT2D eigenvalue weighted by atomic mass is 10.1. The predicted molar refractivity (Wildman–Crippen MR) is 157 cm³/mol. The first-order chi connectivity index (χ1) is 20.0. The molecule has 0 spiro atoms. The van der Waals surface area contributed by atoms with Crippen LogP contribution in [0.15, 0.2) is 59.6 Å². The molecule has 10 nitrogen and oxygen atoms in total. The summed E-state index contributed by atoms with van der Waals surface area (Å²) in [5.41, 5.74) is 3.70. The lowest BCUT2D eigenvalue weighted by Gasteiger charge is -2.36. The summed E-state index contributed by atoms with van der Waals surface area (Å²) in [5, 5.41) is 9.20. The number of anilines is 1. The molecule has 12 heteroatoms. The lowest BCUT2D eigenvalue weighted by Crippen LogP contribution is -2.51. The van der Waals surface area contributed by atoms with Crippen molar-refractivity contribution in [1.29, 1.82) is 0 Å². The van der Waals surface area contributed by atoms with E-state index >= 15 is 0 Å². The van der Waals surface area contributed by atoms with E-state index in [1.165, 1.54) is 12.4 Å². The van der Waals surface area contributed by atoms with Gasteiger partial charge < -0.3 is 9.80 Å². The quantitative estimate of drug-likeness (QED) is 0.316. The summed E-state index contributed by atoms with van der Waals surface area (Å²) in [4.78, 5) is 37.2. The van der Waals surface area contributed by atoms with Crippen molar-refractivity contribution in [1.82, 2.24) is 39.9 Å². The van der Waals surface area contributed by atoms with Gasteiger partial charge >= 0.3 is 0 Å². The highest BCUT2D eigenvalue weighted by Gasteiger charge is 2.30. The SMILES string of the molecule is O=C(CN1CCC(c2ncc3cc4n[nH]c(Br)c4cc3n2)C1)N1CCN(c2ccc(-c3ncc(F)cn3)cc2)CC1. The van der Waals surface area contributed by atoms with E-state index in [9.17, 15) is 9.18 Å². The minimum absolute atomic E-state index is 0.167. The zero-order chi connectivity index (χ0) is 27.9. The molecule has 208 valence electrons. The summed E-state index contributed by atoms with van der Waals surface area (Å²) in [5.74, 6) is 1.24. The Labute approximate surface area is 243 Å². The largest absolute Gasteiger partial charge is 0.368 e. The van der Waals surface area contributed by atoms with Gasteiger partial charge in [0, 0.05) is 66.9 Å². The third-order valence-corrected chi connectivity index (χ3v) is 8.57. The zero-order valence-corrected chi connectivity index (χ0v) is 23.8. The van der Waals surface area contributed by atoms with Crippen molar-refractivity contribution in [3.05, 3.63) is 71.2 Å². The number of piperazine rings is 1.